The molecule has 2 aromatic rings. The number of hydrogen-bond donors (Lipinski definition) is 0. The van der Waals surface area contributed by atoms with Crippen molar-refractivity contribution in [3.05, 3.63) is 64.2 Å². The standard InChI is InChI=1S/C26H27ClN4O4/c27-21-6-2-1-4-19(21)16-31-25(34)20-5-3-7-22(23(20)26(31)35)29-10-8-18(9-11-29)24(33)30-14-12-28(17-32)13-15-30/h1-7,17-18H,8-16H2. The number of fused-ring (bicyclic) bond motifs is 1. The van der Waals surface area contributed by atoms with E-state index in [1.165, 1.54) is 4.90 Å². The molecule has 0 N–H and O–H groups in total. The van der Waals surface area contributed by atoms with Crippen LogP contribution in [0.4, 0.5) is 5.69 Å². The normalized spacial score (nSPS) is 18.8. The molecule has 182 valence electrons. The van der Waals surface area contributed by atoms with E-state index in [1.807, 2.05) is 35.2 Å². The van der Waals surface area contributed by atoms with Crippen molar-refractivity contribution in [1.29, 1.82) is 0 Å². The summed E-state index contributed by atoms with van der Waals surface area (Å²) < 4.78 is 0. The number of hydrogen-bond acceptors (Lipinski definition) is 5. The monoisotopic (exact) mass is 494 g/mol. The van der Waals surface area contributed by atoms with Gasteiger partial charge in [-0.2, -0.15) is 0 Å². The van der Waals surface area contributed by atoms with Crippen molar-refractivity contribution in [3.63, 3.8) is 0 Å². The van der Waals surface area contributed by atoms with Crippen molar-refractivity contribution in [2.45, 2.75) is 19.4 Å². The fraction of sp³-hybridized carbons (Fsp3) is 0.385. The first-order valence-electron chi connectivity index (χ1n) is 11.9. The maximum Gasteiger partial charge on any atom is 0.263 e. The van der Waals surface area contributed by atoms with Gasteiger partial charge in [-0.1, -0.05) is 35.9 Å². The van der Waals surface area contributed by atoms with Crippen molar-refractivity contribution < 1.29 is 19.2 Å². The van der Waals surface area contributed by atoms with Gasteiger partial charge in [0.2, 0.25) is 12.3 Å². The number of rotatable bonds is 5. The summed E-state index contributed by atoms with van der Waals surface area (Å²) >= 11 is 6.27. The lowest BCUT2D eigenvalue weighted by Gasteiger charge is -2.38. The molecule has 8 nitrogen and oxygen atoms in total. The quantitative estimate of drug-likeness (QED) is 0.471. The van der Waals surface area contributed by atoms with Gasteiger partial charge in [0.25, 0.3) is 11.8 Å². The highest BCUT2D eigenvalue weighted by molar-refractivity contribution is 6.31. The molecule has 0 spiro atoms. The van der Waals surface area contributed by atoms with E-state index >= 15 is 0 Å². The summed E-state index contributed by atoms with van der Waals surface area (Å²) in [7, 11) is 0. The van der Waals surface area contributed by atoms with Crippen LogP contribution in [0.25, 0.3) is 0 Å². The van der Waals surface area contributed by atoms with E-state index in [0.717, 1.165) is 17.7 Å². The summed E-state index contributed by atoms with van der Waals surface area (Å²) in [6, 6.07) is 12.6. The fourth-order valence-electron chi connectivity index (χ4n) is 5.19. The molecule has 2 fully saturated rings. The van der Waals surface area contributed by atoms with Crippen LogP contribution in [0, 0.1) is 5.92 Å². The van der Waals surface area contributed by atoms with E-state index in [2.05, 4.69) is 4.90 Å². The molecule has 0 aromatic heterocycles. The van der Waals surface area contributed by atoms with Gasteiger partial charge in [0.15, 0.2) is 0 Å². The van der Waals surface area contributed by atoms with Gasteiger partial charge in [-0.3, -0.25) is 24.1 Å². The molecule has 3 heterocycles. The van der Waals surface area contributed by atoms with E-state index in [1.54, 1.807) is 17.0 Å². The van der Waals surface area contributed by atoms with Crippen molar-refractivity contribution in [1.82, 2.24) is 14.7 Å². The van der Waals surface area contributed by atoms with E-state index < -0.39 is 0 Å². The second-order valence-electron chi connectivity index (χ2n) is 9.22. The van der Waals surface area contributed by atoms with Gasteiger partial charge in [-0.05, 0) is 36.6 Å². The Labute approximate surface area is 209 Å². The predicted octanol–water partition coefficient (Wildman–Crippen LogP) is 2.65. The maximum absolute atomic E-state index is 13.4. The van der Waals surface area contributed by atoms with E-state index in [0.29, 0.717) is 68.3 Å². The fourth-order valence-corrected chi connectivity index (χ4v) is 5.39. The SMILES string of the molecule is O=CN1CCN(C(=O)C2CCN(c3cccc4c3C(=O)N(Cc3ccccc3Cl)C4=O)CC2)CC1. The molecule has 9 heteroatoms. The molecule has 0 aliphatic carbocycles. The molecule has 4 amide bonds. The third-order valence-electron chi connectivity index (χ3n) is 7.22. The second kappa shape index (κ2) is 9.70. The topological polar surface area (TPSA) is 81.2 Å². The molecule has 35 heavy (non-hydrogen) atoms. The summed E-state index contributed by atoms with van der Waals surface area (Å²) in [6.07, 6.45) is 2.20. The zero-order chi connectivity index (χ0) is 24.5. The second-order valence-corrected chi connectivity index (χ2v) is 9.62. The Hall–Kier alpha value is -3.39. The minimum Gasteiger partial charge on any atom is -0.371 e. The lowest BCUT2D eigenvalue weighted by atomic mass is 9.93. The molecular formula is C26H27ClN4O4. The largest absolute Gasteiger partial charge is 0.371 e. The van der Waals surface area contributed by atoms with Gasteiger partial charge >= 0.3 is 0 Å². The number of piperazine rings is 1. The van der Waals surface area contributed by atoms with Crippen LogP contribution in [-0.4, -0.2) is 78.1 Å². The number of benzene rings is 2. The highest BCUT2D eigenvalue weighted by Crippen LogP contribution is 2.35. The highest BCUT2D eigenvalue weighted by Gasteiger charge is 2.39. The van der Waals surface area contributed by atoms with E-state index in [4.69, 9.17) is 11.6 Å². The van der Waals surface area contributed by atoms with Gasteiger partial charge in [-0.25, -0.2) is 0 Å². The Morgan fingerprint density at radius 1 is 0.914 bits per heavy atom. The third-order valence-corrected chi connectivity index (χ3v) is 7.59. The number of anilines is 1. The molecule has 0 unspecified atom stereocenters. The summed E-state index contributed by atoms with van der Waals surface area (Å²) in [4.78, 5) is 57.3. The van der Waals surface area contributed by atoms with Gasteiger partial charge in [0.05, 0.1) is 23.4 Å². The Kier molecular flexibility index (Phi) is 6.47. The van der Waals surface area contributed by atoms with Crippen molar-refractivity contribution in [2.24, 2.45) is 5.92 Å². The molecular weight excluding hydrogens is 468 g/mol. The lowest BCUT2D eigenvalue weighted by molar-refractivity contribution is -0.139. The molecule has 0 radical (unpaired) electrons. The Morgan fingerprint density at radius 2 is 1.63 bits per heavy atom. The third kappa shape index (κ3) is 4.38. The summed E-state index contributed by atoms with van der Waals surface area (Å²) in [5, 5.41) is 0.517. The summed E-state index contributed by atoms with van der Waals surface area (Å²) in [6.45, 7) is 3.68. The smallest absolute Gasteiger partial charge is 0.263 e. The molecule has 2 saturated heterocycles. The van der Waals surface area contributed by atoms with Crippen LogP contribution in [-0.2, 0) is 16.1 Å². The van der Waals surface area contributed by atoms with E-state index in [-0.39, 0.29) is 30.2 Å². The van der Waals surface area contributed by atoms with Crippen LogP contribution < -0.4 is 4.90 Å². The van der Waals surface area contributed by atoms with Crippen LogP contribution in [0.5, 0.6) is 0 Å². The van der Waals surface area contributed by atoms with Crippen molar-refractivity contribution in [3.8, 4) is 0 Å². The van der Waals surface area contributed by atoms with Gasteiger partial charge in [0.1, 0.15) is 0 Å². The molecule has 3 aliphatic rings. The van der Waals surface area contributed by atoms with Crippen LogP contribution in [0.15, 0.2) is 42.5 Å². The number of carbonyl (C=O) groups is 4. The maximum atomic E-state index is 13.4. The Bertz CT molecular complexity index is 1170. The first-order chi connectivity index (χ1) is 17.0. The number of amides is 4. The zero-order valence-electron chi connectivity index (χ0n) is 19.4. The molecule has 0 bridgehead atoms. The Balaban J connectivity index is 1.28. The van der Waals surface area contributed by atoms with Crippen LogP contribution in [0.3, 0.4) is 0 Å². The van der Waals surface area contributed by atoms with Crippen LogP contribution >= 0.6 is 11.6 Å². The van der Waals surface area contributed by atoms with E-state index in [9.17, 15) is 19.2 Å². The number of carbonyl (C=O) groups excluding carboxylic acids is 4. The average Bonchev–Trinajstić information content (AvgIpc) is 3.14. The minimum absolute atomic E-state index is 0.0696. The first-order valence-corrected chi connectivity index (χ1v) is 12.3. The predicted molar refractivity (Wildman–Crippen MR) is 131 cm³/mol. The highest BCUT2D eigenvalue weighted by atomic mass is 35.5. The molecule has 0 saturated carbocycles. The van der Waals surface area contributed by atoms with Crippen molar-refractivity contribution >= 4 is 41.4 Å². The Morgan fingerprint density at radius 3 is 2.31 bits per heavy atom. The van der Waals surface area contributed by atoms with Crippen molar-refractivity contribution in [2.75, 3.05) is 44.2 Å². The first kappa shape index (κ1) is 23.4. The number of halogens is 1. The molecule has 0 atom stereocenters. The number of piperidine rings is 1. The number of imide groups is 1. The molecule has 5 rings (SSSR count). The minimum atomic E-state index is -0.314. The van der Waals surface area contributed by atoms with Gasteiger partial charge < -0.3 is 14.7 Å². The summed E-state index contributed by atoms with van der Waals surface area (Å²) in [5.41, 5.74) is 2.30. The summed E-state index contributed by atoms with van der Waals surface area (Å²) in [5.74, 6) is -0.552. The van der Waals surface area contributed by atoms with Crippen LogP contribution in [0.2, 0.25) is 5.02 Å². The molecule has 2 aromatic carbocycles. The van der Waals surface area contributed by atoms with Gasteiger partial charge in [-0.15, -0.1) is 0 Å². The molecule has 3 aliphatic heterocycles. The lowest BCUT2D eigenvalue weighted by Crippen LogP contribution is -2.51. The van der Waals surface area contributed by atoms with Gasteiger partial charge in [0, 0.05) is 50.2 Å². The zero-order valence-corrected chi connectivity index (χ0v) is 20.1. The van der Waals surface area contributed by atoms with Crippen LogP contribution in [0.1, 0.15) is 39.1 Å². The number of nitrogens with zero attached hydrogens (tertiary/aromatic N) is 4. The average molecular weight is 495 g/mol.